The van der Waals surface area contributed by atoms with E-state index in [-0.39, 0.29) is 16.9 Å². The molecule has 0 saturated carbocycles. The average molecular weight is 317 g/mol. The minimum atomic E-state index is -0.865. The number of benzene rings is 1. The van der Waals surface area contributed by atoms with E-state index in [0.717, 1.165) is 5.56 Å². The first-order valence-corrected chi connectivity index (χ1v) is 8.38. The predicted octanol–water partition coefficient (Wildman–Crippen LogP) is 4.20. The van der Waals surface area contributed by atoms with Gasteiger partial charge in [-0.25, -0.2) is 4.99 Å². The van der Waals surface area contributed by atoms with Gasteiger partial charge in [0.2, 0.25) is 5.90 Å². The second-order valence-corrected chi connectivity index (χ2v) is 9.21. The van der Waals surface area contributed by atoms with Crippen LogP contribution in [0.5, 0.6) is 0 Å². The van der Waals surface area contributed by atoms with Crippen LogP contribution in [0.1, 0.15) is 72.1 Å². The molecule has 0 radical (unpaired) electrons. The molecule has 3 nitrogen and oxygen atoms in total. The third-order valence-corrected chi connectivity index (χ3v) is 4.38. The highest BCUT2D eigenvalue weighted by atomic mass is 16.5. The van der Waals surface area contributed by atoms with Crippen molar-refractivity contribution in [3.8, 4) is 0 Å². The number of ether oxygens (including phenoxy) is 1. The van der Waals surface area contributed by atoms with E-state index in [1.54, 1.807) is 13.8 Å². The van der Waals surface area contributed by atoms with Crippen LogP contribution in [0.4, 0.5) is 0 Å². The van der Waals surface area contributed by atoms with Gasteiger partial charge in [0.1, 0.15) is 12.6 Å². The molecule has 1 unspecified atom stereocenters. The molecule has 1 atom stereocenters. The van der Waals surface area contributed by atoms with E-state index in [2.05, 4.69) is 64.7 Å². The van der Waals surface area contributed by atoms with Crippen LogP contribution in [-0.4, -0.2) is 29.3 Å². The molecule has 23 heavy (non-hydrogen) atoms. The lowest BCUT2D eigenvalue weighted by molar-refractivity contribution is 0.0436. The van der Waals surface area contributed by atoms with Gasteiger partial charge in [0.05, 0.1) is 5.60 Å². The minimum absolute atomic E-state index is 0.0603. The van der Waals surface area contributed by atoms with Gasteiger partial charge < -0.3 is 9.84 Å². The van der Waals surface area contributed by atoms with Crippen LogP contribution in [-0.2, 0) is 15.6 Å². The summed E-state index contributed by atoms with van der Waals surface area (Å²) in [5.41, 5.74) is 2.82. The van der Waals surface area contributed by atoms with E-state index in [0.29, 0.717) is 12.5 Å². The molecule has 128 valence electrons. The number of nitrogens with zero attached hydrogens (tertiary/aromatic N) is 1. The summed E-state index contributed by atoms with van der Waals surface area (Å²) in [4.78, 5) is 4.62. The maximum Gasteiger partial charge on any atom is 0.216 e. The molecular formula is C20H31NO2. The number of hydrogen-bond donors (Lipinski definition) is 1. The maximum absolute atomic E-state index is 10.2. The quantitative estimate of drug-likeness (QED) is 0.888. The molecule has 0 amide bonds. The van der Waals surface area contributed by atoms with Crippen molar-refractivity contribution in [2.75, 3.05) is 6.61 Å². The SMILES string of the molecule is CC(C)(C)c1cc(C2=NC(C(C)(C)O)CO2)cc(C(C)(C)C)c1. The largest absolute Gasteiger partial charge is 0.475 e. The van der Waals surface area contributed by atoms with Gasteiger partial charge in [-0.2, -0.15) is 0 Å². The molecule has 1 N–H and O–H groups in total. The Morgan fingerprint density at radius 1 is 0.913 bits per heavy atom. The molecule has 0 fully saturated rings. The molecule has 0 aliphatic carbocycles. The van der Waals surface area contributed by atoms with Gasteiger partial charge in [0.25, 0.3) is 0 Å². The first kappa shape index (κ1) is 18.0. The van der Waals surface area contributed by atoms with E-state index in [9.17, 15) is 5.11 Å². The lowest BCUT2D eigenvalue weighted by atomic mass is 9.79. The summed E-state index contributed by atoms with van der Waals surface area (Å²) in [5.74, 6) is 0.647. The normalized spacial score (nSPS) is 19.5. The van der Waals surface area contributed by atoms with Crippen LogP contribution in [0.3, 0.4) is 0 Å². The first-order valence-electron chi connectivity index (χ1n) is 8.38. The lowest BCUT2D eigenvalue weighted by Gasteiger charge is -2.26. The van der Waals surface area contributed by atoms with Gasteiger partial charge in [-0.3, -0.25) is 0 Å². The summed E-state index contributed by atoms with van der Waals surface area (Å²) in [6.45, 7) is 17.3. The summed E-state index contributed by atoms with van der Waals surface area (Å²) in [6.07, 6.45) is 0. The van der Waals surface area contributed by atoms with Crippen molar-refractivity contribution in [2.24, 2.45) is 4.99 Å². The molecule has 0 aromatic heterocycles. The molecule has 2 rings (SSSR count). The summed E-state index contributed by atoms with van der Waals surface area (Å²) in [5, 5.41) is 10.2. The molecule has 3 heteroatoms. The van der Waals surface area contributed by atoms with Crippen LogP contribution >= 0.6 is 0 Å². The molecule has 0 bridgehead atoms. The van der Waals surface area contributed by atoms with Crippen molar-refractivity contribution in [1.82, 2.24) is 0 Å². The highest BCUT2D eigenvalue weighted by Crippen LogP contribution is 2.31. The van der Waals surface area contributed by atoms with Gasteiger partial charge in [0.15, 0.2) is 0 Å². The number of aliphatic hydroxyl groups is 1. The number of aliphatic imine (C=N–C) groups is 1. The van der Waals surface area contributed by atoms with Crippen molar-refractivity contribution < 1.29 is 9.84 Å². The van der Waals surface area contributed by atoms with Gasteiger partial charge in [-0.15, -0.1) is 0 Å². The molecular weight excluding hydrogens is 286 g/mol. The Bertz CT molecular complexity index is 578. The van der Waals surface area contributed by atoms with E-state index in [1.807, 2.05) is 0 Å². The van der Waals surface area contributed by atoms with E-state index in [1.165, 1.54) is 11.1 Å². The third kappa shape index (κ3) is 4.14. The van der Waals surface area contributed by atoms with Crippen molar-refractivity contribution in [2.45, 2.75) is 77.9 Å². The number of rotatable bonds is 2. The number of hydrogen-bond acceptors (Lipinski definition) is 3. The zero-order valence-electron chi connectivity index (χ0n) is 15.8. The Labute approximate surface area is 140 Å². The van der Waals surface area contributed by atoms with Crippen LogP contribution < -0.4 is 0 Å². The zero-order chi connectivity index (χ0) is 17.6. The maximum atomic E-state index is 10.2. The minimum Gasteiger partial charge on any atom is -0.475 e. The average Bonchev–Trinajstić information content (AvgIpc) is 2.85. The van der Waals surface area contributed by atoms with E-state index >= 15 is 0 Å². The van der Waals surface area contributed by atoms with Crippen molar-refractivity contribution in [3.05, 3.63) is 34.9 Å². The molecule has 1 aromatic carbocycles. The smallest absolute Gasteiger partial charge is 0.216 e. The molecule has 1 heterocycles. The highest BCUT2D eigenvalue weighted by molar-refractivity contribution is 5.95. The van der Waals surface area contributed by atoms with Gasteiger partial charge in [0, 0.05) is 5.56 Å². The van der Waals surface area contributed by atoms with Crippen LogP contribution in [0, 0.1) is 0 Å². The van der Waals surface area contributed by atoms with Crippen LogP contribution in [0.2, 0.25) is 0 Å². The zero-order valence-corrected chi connectivity index (χ0v) is 15.8. The standard InChI is InChI=1S/C20H31NO2/c1-18(2,3)14-9-13(10-15(11-14)19(4,5)6)17-21-16(12-23-17)20(7,8)22/h9-11,16,22H,12H2,1-8H3. The first-order chi connectivity index (χ1) is 10.3. The predicted molar refractivity (Wildman–Crippen MR) is 96.4 cm³/mol. The van der Waals surface area contributed by atoms with Gasteiger partial charge in [-0.05, 0) is 47.9 Å². The summed E-state index contributed by atoms with van der Waals surface area (Å²) < 4.78 is 5.80. The fourth-order valence-electron chi connectivity index (χ4n) is 2.51. The van der Waals surface area contributed by atoms with Gasteiger partial charge in [-0.1, -0.05) is 47.6 Å². The Morgan fingerprint density at radius 2 is 1.39 bits per heavy atom. The van der Waals surface area contributed by atoms with E-state index < -0.39 is 5.60 Å². The molecule has 1 aliphatic rings. The fourth-order valence-corrected chi connectivity index (χ4v) is 2.51. The van der Waals surface area contributed by atoms with Crippen LogP contribution in [0.15, 0.2) is 23.2 Å². The summed E-state index contributed by atoms with van der Waals surface area (Å²) in [6, 6.07) is 6.41. The van der Waals surface area contributed by atoms with Crippen molar-refractivity contribution in [1.29, 1.82) is 0 Å². The van der Waals surface area contributed by atoms with Crippen molar-refractivity contribution >= 4 is 5.90 Å². The monoisotopic (exact) mass is 317 g/mol. The molecule has 0 spiro atoms. The summed E-state index contributed by atoms with van der Waals surface area (Å²) >= 11 is 0. The summed E-state index contributed by atoms with van der Waals surface area (Å²) in [7, 11) is 0. The Balaban J connectivity index is 2.51. The third-order valence-electron chi connectivity index (χ3n) is 4.38. The molecule has 1 aromatic rings. The second-order valence-electron chi connectivity index (χ2n) is 9.21. The molecule has 1 aliphatic heterocycles. The lowest BCUT2D eigenvalue weighted by Crippen LogP contribution is -2.35. The second kappa shape index (κ2) is 5.62. The Hall–Kier alpha value is -1.35. The fraction of sp³-hybridized carbons (Fsp3) is 0.650. The highest BCUT2D eigenvalue weighted by Gasteiger charge is 2.33. The Morgan fingerprint density at radius 3 is 1.74 bits per heavy atom. The Kier molecular flexibility index (Phi) is 4.40. The van der Waals surface area contributed by atoms with Gasteiger partial charge >= 0.3 is 0 Å². The topological polar surface area (TPSA) is 41.8 Å². The van der Waals surface area contributed by atoms with Crippen LogP contribution in [0.25, 0.3) is 0 Å². The van der Waals surface area contributed by atoms with Crippen molar-refractivity contribution in [3.63, 3.8) is 0 Å². The molecule has 0 saturated heterocycles. The van der Waals surface area contributed by atoms with E-state index in [4.69, 9.17) is 4.74 Å².